The van der Waals surface area contributed by atoms with E-state index in [0.717, 1.165) is 26.3 Å². The number of fused-ring (bicyclic) bond motifs is 1. The molecule has 0 bridgehead atoms. The Bertz CT molecular complexity index is 796. The van der Waals surface area contributed by atoms with Crippen molar-refractivity contribution in [1.82, 2.24) is 24.6 Å². The van der Waals surface area contributed by atoms with Gasteiger partial charge >= 0.3 is 0 Å². The normalized spacial score (nSPS) is 17.2. The zero-order valence-corrected chi connectivity index (χ0v) is 15.7. The van der Waals surface area contributed by atoms with E-state index in [-0.39, 0.29) is 16.6 Å². The number of nitrogens with one attached hydrogen (secondary N) is 2. The number of hydrogen-bond acceptors (Lipinski definition) is 6. The molecule has 8 nitrogen and oxygen atoms in total. The van der Waals surface area contributed by atoms with Crippen LogP contribution in [0.5, 0.6) is 0 Å². The molecule has 1 aliphatic rings. The Morgan fingerprint density at radius 1 is 1.24 bits per heavy atom. The number of H-pyrrole nitrogens is 1. The number of anilines is 1. The molecule has 0 saturated carbocycles. The average Bonchev–Trinajstić information content (AvgIpc) is 2.99. The zero-order chi connectivity index (χ0) is 18.2. The monoisotopic (exact) mass is 348 g/mol. The molecule has 138 valence electrons. The molecule has 0 aliphatic carbocycles. The first-order valence-electron chi connectivity index (χ1n) is 8.74. The topological polar surface area (TPSA) is 88.1 Å². The molecule has 2 N–H and O–H groups in total. The molecule has 3 rings (SSSR count). The summed E-state index contributed by atoms with van der Waals surface area (Å²) in [5.74, 6) is 0.477. The van der Waals surface area contributed by atoms with Gasteiger partial charge in [-0.05, 0) is 34.6 Å². The third-order valence-electron chi connectivity index (χ3n) is 4.63. The van der Waals surface area contributed by atoms with Gasteiger partial charge in [-0.15, -0.1) is 0 Å². The molecule has 0 amide bonds. The average molecular weight is 348 g/mol. The summed E-state index contributed by atoms with van der Waals surface area (Å²) in [7, 11) is 0. The van der Waals surface area contributed by atoms with Gasteiger partial charge in [-0.25, -0.2) is 4.68 Å². The van der Waals surface area contributed by atoms with Crippen LogP contribution in [0.2, 0.25) is 0 Å². The van der Waals surface area contributed by atoms with Crippen molar-refractivity contribution in [3.63, 3.8) is 0 Å². The smallest absolute Gasteiger partial charge is 0.263 e. The second-order valence-corrected chi connectivity index (χ2v) is 8.14. The van der Waals surface area contributed by atoms with E-state index < -0.39 is 0 Å². The van der Waals surface area contributed by atoms with Crippen LogP contribution in [0.15, 0.2) is 11.0 Å². The minimum Gasteiger partial charge on any atom is -0.379 e. The fraction of sp³-hybridized carbons (Fsp3) is 0.706. The van der Waals surface area contributed by atoms with E-state index in [4.69, 9.17) is 4.74 Å². The van der Waals surface area contributed by atoms with Crippen molar-refractivity contribution in [2.24, 2.45) is 0 Å². The fourth-order valence-corrected chi connectivity index (χ4v) is 3.07. The molecule has 8 heteroatoms. The van der Waals surface area contributed by atoms with Crippen LogP contribution in [0.4, 0.5) is 5.95 Å². The van der Waals surface area contributed by atoms with Crippen LogP contribution >= 0.6 is 0 Å². The number of aromatic amines is 1. The number of hydrogen-bond donors (Lipinski definition) is 2. The maximum Gasteiger partial charge on any atom is 0.263 e. The molecule has 2 aromatic heterocycles. The van der Waals surface area contributed by atoms with Gasteiger partial charge in [-0.1, -0.05) is 0 Å². The molecule has 0 radical (unpaired) electrons. The second kappa shape index (κ2) is 6.42. The Balaban J connectivity index is 1.83. The van der Waals surface area contributed by atoms with Crippen molar-refractivity contribution < 1.29 is 4.74 Å². The third kappa shape index (κ3) is 3.69. The number of nitrogens with zero attached hydrogens (tertiary/aromatic N) is 4. The summed E-state index contributed by atoms with van der Waals surface area (Å²) in [5.41, 5.74) is 0.115. The van der Waals surface area contributed by atoms with Gasteiger partial charge in [0.25, 0.3) is 5.56 Å². The molecular formula is C17H28N6O2. The molecule has 3 heterocycles. The lowest BCUT2D eigenvalue weighted by Gasteiger charge is -2.40. The van der Waals surface area contributed by atoms with E-state index in [2.05, 4.69) is 39.1 Å². The number of ether oxygens (including phenoxy) is 1. The van der Waals surface area contributed by atoms with E-state index in [1.807, 2.05) is 20.8 Å². The minimum atomic E-state index is -0.243. The van der Waals surface area contributed by atoms with Crippen LogP contribution in [-0.4, -0.2) is 63.0 Å². The van der Waals surface area contributed by atoms with E-state index in [9.17, 15) is 4.79 Å². The summed E-state index contributed by atoms with van der Waals surface area (Å²) in [6, 6.07) is 0. The van der Waals surface area contributed by atoms with Gasteiger partial charge in [-0.3, -0.25) is 14.7 Å². The van der Waals surface area contributed by atoms with Crippen molar-refractivity contribution >= 4 is 17.0 Å². The number of rotatable bonds is 4. The molecule has 0 aromatic carbocycles. The maximum absolute atomic E-state index is 12.4. The predicted octanol–water partition coefficient (Wildman–Crippen LogP) is 1.40. The maximum atomic E-state index is 12.4. The summed E-state index contributed by atoms with van der Waals surface area (Å²) in [4.78, 5) is 22.2. The van der Waals surface area contributed by atoms with Crippen molar-refractivity contribution in [1.29, 1.82) is 0 Å². The Kier molecular flexibility index (Phi) is 4.59. The van der Waals surface area contributed by atoms with Crippen LogP contribution in [0.1, 0.15) is 34.6 Å². The molecule has 0 unspecified atom stereocenters. The minimum absolute atomic E-state index is 0.0679. The lowest BCUT2D eigenvalue weighted by molar-refractivity contribution is -0.00572. The summed E-state index contributed by atoms with van der Waals surface area (Å²) in [6.07, 6.45) is 1.58. The van der Waals surface area contributed by atoms with Crippen molar-refractivity contribution in [2.75, 3.05) is 38.2 Å². The van der Waals surface area contributed by atoms with Crippen LogP contribution in [0.3, 0.4) is 0 Å². The zero-order valence-electron chi connectivity index (χ0n) is 15.7. The lowest BCUT2D eigenvalue weighted by Crippen LogP contribution is -2.53. The predicted molar refractivity (Wildman–Crippen MR) is 98.1 cm³/mol. The van der Waals surface area contributed by atoms with Crippen molar-refractivity contribution in [2.45, 2.75) is 45.7 Å². The molecule has 1 aliphatic heterocycles. The highest BCUT2D eigenvalue weighted by Crippen LogP contribution is 2.20. The first kappa shape index (κ1) is 17.9. The van der Waals surface area contributed by atoms with Crippen LogP contribution in [0.25, 0.3) is 11.0 Å². The molecular weight excluding hydrogens is 320 g/mol. The third-order valence-corrected chi connectivity index (χ3v) is 4.63. The first-order valence-corrected chi connectivity index (χ1v) is 8.74. The molecule has 1 saturated heterocycles. The summed E-state index contributed by atoms with van der Waals surface area (Å²) >= 11 is 0. The van der Waals surface area contributed by atoms with Gasteiger partial charge in [0.15, 0.2) is 5.65 Å². The fourth-order valence-electron chi connectivity index (χ4n) is 3.07. The van der Waals surface area contributed by atoms with E-state index >= 15 is 0 Å². The number of aromatic nitrogens is 4. The summed E-state index contributed by atoms with van der Waals surface area (Å²) < 4.78 is 7.21. The van der Waals surface area contributed by atoms with Crippen LogP contribution < -0.4 is 10.9 Å². The molecule has 0 spiro atoms. The highest BCUT2D eigenvalue weighted by Gasteiger charge is 2.28. The highest BCUT2D eigenvalue weighted by molar-refractivity contribution is 5.74. The molecule has 0 atom stereocenters. The van der Waals surface area contributed by atoms with Gasteiger partial charge < -0.3 is 10.1 Å². The van der Waals surface area contributed by atoms with Gasteiger partial charge in [-0.2, -0.15) is 10.1 Å². The Labute approximate surface area is 147 Å². The van der Waals surface area contributed by atoms with Crippen LogP contribution in [-0.2, 0) is 10.3 Å². The molecule has 1 fully saturated rings. The summed E-state index contributed by atoms with van der Waals surface area (Å²) in [6.45, 7) is 14.5. The van der Waals surface area contributed by atoms with Crippen molar-refractivity contribution in [3.8, 4) is 0 Å². The Hall–Kier alpha value is -1.93. The largest absolute Gasteiger partial charge is 0.379 e. The van der Waals surface area contributed by atoms with Gasteiger partial charge in [0.05, 0.1) is 24.9 Å². The van der Waals surface area contributed by atoms with E-state index in [0.29, 0.717) is 23.5 Å². The Morgan fingerprint density at radius 3 is 2.56 bits per heavy atom. The standard InChI is InChI=1S/C17H28N6O2/c1-16(2,3)23-13-12(10-19-23)14(24)21-15(20-13)18-11-17(4,5)22-6-8-25-9-7-22/h10H,6-9,11H2,1-5H3,(H2,18,20,21,24). The lowest BCUT2D eigenvalue weighted by atomic mass is 10.0. The number of morpholine rings is 1. The first-order chi connectivity index (χ1) is 11.7. The van der Waals surface area contributed by atoms with E-state index in [1.165, 1.54) is 0 Å². The SMILES string of the molecule is CC(C)(CNc1nc2c(cnn2C(C)(C)C)c(=O)[nH]1)N1CCOCC1. The van der Waals surface area contributed by atoms with Crippen molar-refractivity contribution in [3.05, 3.63) is 16.6 Å². The molecule has 2 aromatic rings. The van der Waals surface area contributed by atoms with Gasteiger partial charge in [0.1, 0.15) is 5.39 Å². The van der Waals surface area contributed by atoms with Gasteiger partial charge in [0.2, 0.25) is 5.95 Å². The van der Waals surface area contributed by atoms with Gasteiger partial charge in [0, 0.05) is 25.2 Å². The van der Waals surface area contributed by atoms with E-state index in [1.54, 1.807) is 10.9 Å². The second-order valence-electron chi connectivity index (χ2n) is 8.14. The van der Waals surface area contributed by atoms with Crippen LogP contribution in [0, 0.1) is 0 Å². The molecule has 25 heavy (non-hydrogen) atoms. The quantitative estimate of drug-likeness (QED) is 0.868. The summed E-state index contributed by atoms with van der Waals surface area (Å²) in [5, 5.41) is 8.14. The Morgan fingerprint density at radius 2 is 1.92 bits per heavy atom. The highest BCUT2D eigenvalue weighted by atomic mass is 16.5.